The number of aliphatic hydroxyl groups excluding tert-OH is 1. The van der Waals surface area contributed by atoms with Crippen LogP contribution in [0.4, 0.5) is 9.18 Å². The first-order valence-corrected chi connectivity index (χ1v) is 5.96. The minimum atomic E-state index is -1.38. The summed E-state index contributed by atoms with van der Waals surface area (Å²) >= 11 is 0. The maximum absolute atomic E-state index is 13.5. The standard InChI is InChI=1S/C13H18FNO5/c1-13(2,3)20-12(19)15-6-11(18)7-4-9(16)10(17)5-8(7)14/h4-5,11,16-18H,6H2,1-3H3,(H,15,19). The minimum Gasteiger partial charge on any atom is -0.504 e. The zero-order valence-corrected chi connectivity index (χ0v) is 11.5. The molecule has 0 aromatic heterocycles. The first-order valence-electron chi connectivity index (χ1n) is 5.96. The van der Waals surface area contributed by atoms with Crippen LogP contribution in [0.15, 0.2) is 12.1 Å². The fraction of sp³-hybridized carbons (Fsp3) is 0.462. The molecule has 7 heteroatoms. The maximum Gasteiger partial charge on any atom is 0.407 e. The number of aromatic hydroxyl groups is 2. The first-order chi connectivity index (χ1) is 9.10. The third-order valence-corrected chi connectivity index (χ3v) is 2.29. The number of carbonyl (C=O) groups is 1. The molecule has 0 heterocycles. The molecular formula is C13H18FNO5. The molecule has 0 fully saturated rings. The van der Waals surface area contributed by atoms with E-state index in [1.54, 1.807) is 20.8 Å². The van der Waals surface area contributed by atoms with Gasteiger partial charge in [-0.15, -0.1) is 0 Å². The van der Waals surface area contributed by atoms with Crippen LogP contribution in [0.2, 0.25) is 0 Å². The minimum absolute atomic E-state index is 0.239. The van der Waals surface area contributed by atoms with Gasteiger partial charge in [-0.25, -0.2) is 9.18 Å². The summed E-state index contributed by atoms with van der Waals surface area (Å²) in [6.45, 7) is 4.75. The summed E-state index contributed by atoms with van der Waals surface area (Å²) in [6.07, 6.45) is -2.13. The summed E-state index contributed by atoms with van der Waals surface area (Å²) in [6, 6.07) is 1.58. The van der Waals surface area contributed by atoms with E-state index in [4.69, 9.17) is 9.84 Å². The number of phenols is 2. The van der Waals surface area contributed by atoms with E-state index >= 15 is 0 Å². The third kappa shape index (κ3) is 4.58. The van der Waals surface area contributed by atoms with Gasteiger partial charge in [0.2, 0.25) is 0 Å². The Hall–Kier alpha value is -2.02. The number of carbonyl (C=O) groups excluding carboxylic acids is 1. The molecule has 0 spiro atoms. The molecule has 0 aliphatic rings. The lowest BCUT2D eigenvalue weighted by atomic mass is 10.1. The highest BCUT2D eigenvalue weighted by atomic mass is 19.1. The summed E-state index contributed by atoms with van der Waals surface area (Å²) in [5, 5.41) is 30.4. The fourth-order valence-electron chi connectivity index (χ4n) is 1.43. The Morgan fingerprint density at radius 3 is 2.45 bits per heavy atom. The molecule has 1 amide bonds. The number of hydrogen-bond donors (Lipinski definition) is 4. The topological polar surface area (TPSA) is 99.0 Å². The van der Waals surface area contributed by atoms with Gasteiger partial charge in [0.15, 0.2) is 11.5 Å². The highest BCUT2D eigenvalue weighted by Crippen LogP contribution is 2.30. The van der Waals surface area contributed by atoms with E-state index in [1.165, 1.54) is 0 Å². The molecule has 1 aromatic carbocycles. The lowest BCUT2D eigenvalue weighted by Gasteiger charge is -2.20. The third-order valence-electron chi connectivity index (χ3n) is 2.29. The zero-order valence-electron chi connectivity index (χ0n) is 11.5. The molecule has 1 unspecified atom stereocenters. The van der Waals surface area contributed by atoms with Gasteiger partial charge >= 0.3 is 6.09 Å². The summed E-state index contributed by atoms with van der Waals surface area (Å²) < 4.78 is 18.5. The Kier molecular flexibility index (Phi) is 4.78. The number of hydrogen-bond acceptors (Lipinski definition) is 5. The normalized spacial score (nSPS) is 12.8. The van der Waals surface area contributed by atoms with Gasteiger partial charge in [0.1, 0.15) is 11.4 Å². The molecule has 1 atom stereocenters. The van der Waals surface area contributed by atoms with Crippen molar-refractivity contribution in [1.29, 1.82) is 0 Å². The average molecular weight is 287 g/mol. The second-order valence-corrected chi connectivity index (χ2v) is 5.26. The number of ether oxygens (including phenoxy) is 1. The van der Waals surface area contributed by atoms with Crippen LogP contribution in [0, 0.1) is 5.82 Å². The van der Waals surface area contributed by atoms with Crippen molar-refractivity contribution in [2.24, 2.45) is 0 Å². The van der Waals surface area contributed by atoms with Gasteiger partial charge in [0.25, 0.3) is 0 Å². The van der Waals surface area contributed by atoms with Crippen LogP contribution in [0.1, 0.15) is 32.4 Å². The lowest BCUT2D eigenvalue weighted by Crippen LogP contribution is -2.34. The van der Waals surface area contributed by atoms with Crippen LogP contribution in [-0.4, -0.2) is 33.6 Å². The molecule has 1 rings (SSSR count). The van der Waals surface area contributed by atoms with Gasteiger partial charge in [-0.2, -0.15) is 0 Å². The Labute approximate surface area is 115 Å². The predicted octanol–water partition coefficient (Wildman–Crippen LogP) is 1.79. The van der Waals surface area contributed by atoms with E-state index in [9.17, 15) is 19.4 Å². The Morgan fingerprint density at radius 2 is 1.90 bits per heavy atom. The van der Waals surface area contributed by atoms with Crippen molar-refractivity contribution < 1.29 is 29.2 Å². The first kappa shape index (κ1) is 16.0. The summed E-state index contributed by atoms with van der Waals surface area (Å²) in [5.41, 5.74) is -0.923. The molecule has 0 aliphatic carbocycles. The van der Waals surface area contributed by atoms with Crippen molar-refractivity contribution in [3.8, 4) is 11.5 Å². The number of amides is 1. The van der Waals surface area contributed by atoms with Crippen molar-refractivity contribution in [3.05, 3.63) is 23.5 Å². The largest absolute Gasteiger partial charge is 0.504 e. The van der Waals surface area contributed by atoms with E-state index in [-0.39, 0.29) is 12.1 Å². The maximum atomic E-state index is 13.5. The molecule has 20 heavy (non-hydrogen) atoms. The predicted molar refractivity (Wildman–Crippen MR) is 68.9 cm³/mol. The summed E-state index contributed by atoms with van der Waals surface area (Å²) in [7, 11) is 0. The van der Waals surface area contributed by atoms with Gasteiger partial charge in [-0.1, -0.05) is 0 Å². The van der Waals surface area contributed by atoms with Gasteiger partial charge < -0.3 is 25.4 Å². The summed E-state index contributed by atoms with van der Waals surface area (Å²) in [5.74, 6) is -2.07. The van der Waals surface area contributed by atoms with E-state index in [1.807, 2.05) is 0 Å². The highest BCUT2D eigenvalue weighted by Gasteiger charge is 2.19. The molecule has 112 valence electrons. The van der Waals surface area contributed by atoms with Crippen LogP contribution in [-0.2, 0) is 4.74 Å². The molecule has 0 radical (unpaired) electrons. The number of halogens is 1. The van der Waals surface area contributed by atoms with Crippen LogP contribution < -0.4 is 5.32 Å². The zero-order chi connectivity index (χ0) is 15.5. The molecule has 6 nitrogen and oxygen atoms in total. The van der Waals surface area contributed by atoms with E-state index in [2.05, 4.69) is 5.32 Å². The van der Waals surface area contributed by atoms with Gasteiger partial charge in [0.05, 0.1) is 12.6 Å². The molecule has 0 bridgehead atoms. The SMILES string of the molecule is CC(C)(C)OC(=O)NCC(O)c1cc(O)c(O)cc1F. The van der Waals surface area contributed by atoms with Crippen molar-refractivity contribution >= 4 is 6.09 Å². The average Bonchev–Trinajstić information content (AvgIpc) is 2.28. The number of nitrogens with one attached hydrogen (secondary N) is 1. The highest BCUT2D eigenvalue weighted by molar-refractivity contribution is 5.67. The number of rotatable bonds is 3. The summed E-state index contributed by atoms with van der Waals surface area (Å²) in [4.78, 5) is 11.4. The smallest absolute Gasteiger partial charge is 0.407 e. The fourth-order valence-corrected chi connectivity index (χ4v) is 1.43. The Balaban J connectivity index is 2.66. The van der Waals surface area contributed by atoms with Gasteiger partial charge in [0, 0.05) is 11.6 Å². The molecule has 4 N–H and O–H groups in total. The number of phenolic OH excluding ortho intramolecular Hbond substituents is 2. The van der Waals surface area contributed by atoms with Crippen LogP contribution >= 0.6 is 0 Å². The van der Waals surface area contributed by atoms with Crippen LogP contribution in [0.3, 0.4) is 0 Å². The molecule has 1 aromatic rings. The van der Waals surface area contributed by atoms with E-state index in [0.717, 1.165) is 6.07 Å². The van der Waals surface area contributed by atoms with E-state index in [0.29, 0.717) is 6.07 Å². The number of alkyl carbamates (subject to hydrolysis) is 1. The van der Waals surface area contributed by atoms with Crippen molar-refractivity contribution in [3.63, 3.8) is 0 Å². The van der Waals surface area contributed by atoms with Crippen LogP contribution in [0.5, 0.6) is 11.5 Å². The Morgan fingerprint density at radius 1 is 1.35 bits per heavy atom. The second-order valence-electron chi connectivity index (χ2n) is 5.26. The molecular weight excluding hydrogens is 269 g/mol. The quantitative estimate of drug-likeness (QED) is 0.635. The Bertz CT molecular complexity index is 498. The molecule has 0 saturated carbocycles. The van der Waals surface area contributed by atoms with Gasteiger partial charge in [-0.05, 0) is 26.8 Å². The monoisotopic (exact) mass is 287 g/mol. The lowest BCUT2D eigenvalue weighted by molar-refractivity contribution is 0.0490. The van der Waals surface area contributed by atoms with Crippen LogP contribution in [0.25, 0.3) is 0 Å². The number of benzene rings is 1. The van der Waals surface area contributed by atoms with E-state index < -0.39 is 35.1 Å². The van der Waals surface area contributed by atoms with Crippen molar-refractivity contribution in [1.82, 2.24) is 5.32 Å². The second kappa shape index (κ2) is 5.96. The number of aliphatic hydroxyl groups is 1. The van der Waals surface area contributed by atoms with Gasteiger partial charge in [-0.3, -0.25) is 0 Å². The molecule has 0 aliphatic heterocycles. The van der Waals surface area contributed by atoms with Crippen molar-refractivity contribution in [2.75, 3.05) is 6.54 Å². The van der Waals surface area contributed by atoms with Crippen molar-refractivity contribution in [2.45, 2.75) is 32.5 Å². The molecule has 0 saturated heterocycles.